The summed E-state index contributed by atoms with van der Waals surface area (Å²) in [5.41, 5.74) is 1.39. The van der Waals surface area contributed by atoms with Crippen molar-refractivity contribution in [3.8, 4) is 11.5 Å². The largest absolute Gasteiger partial charge is 0.493 e. The average Bonchev–Trinajstić information content (AvgIpc) is 3.86. The molecule has 2 atom stereocenters. The summed E-state index contributed by atoms with van der Waals surface area (Å²) in [4.78, 5) is 34.9. The molecule has 0 radical (unpaired) electrons. The summed E-state index contributed by atoms with van der Waals surface area (Å²) in [5, 5.41) is 0.804. The first-order valence-corrected chi connectivity index (χ1v) is 18.7. The van der Waals surface area contributed by atoms with E-state index in [0.29, 0.717) is 67.4 Å². The van der Waals surface area contributed by atoms with Gasteiger partial charge in [0.25, 0.3) is 0 Å². The van der Waals surface area contributed by atoms with Crippen molar-refractivity contribution in [3.63, 3.8) is 0 Å². The molecule has 2 aromatic heterocycles. The zero-order valence-electron chi connectivity index (χ0n) is 28.1. The monoisotopic (exact) mass is 754 g/mol. The van der Waals surface area contributed by atoms with Crippen LogP contribution in [-0.2, 0) is 22.4 Å². The van der Waals surface area contributed by atoms with E-state index >= 15 is 4.39 Å². The van der Waals surface area contributed by atoms with Crippen LogP contribution in [0.1, 0.15) is 57.5 Å². The van der Waals surface area contributed by atoms with E-state index in [1.807, 2.05) is 12.1 Å². The second-order valence-corrected chi connectivity index (χ2v) is 15.2. The molecule has 13 heteroatoms. The number of H-pyrrole nitrogens is 1. The highest BCUT2D eigenvalue weighted by atomic mass is 35.5. The molecule has 4 aliphatic rings. The first kappa shape index (κ1) is 35.5. The van der Waals surface area contributed by atoms with Crippen LogP contribution in [-0.4, -0.2) is 56.4 Å². The highest BCUT2D eigenvalue weighted by molar-refractivity contribution is 7.14. The smallest absolute Gasteiger partial charge is 0.415 e. The summed E-state index contributed by atoms with van der Waals surface area (Å²) >= 11 is 14.2. The first-order valence-electron chi connectivity index (χ1n) is 17.1. The summed E-state index contributed by atoms with van der Waals surface area (Å²) < 4.78 is 38.9. The summed E-state index contributed by atoms with van der Waals surface area (Å²) in [6, 6.07) is 14.9. The maximum absolute atomic E-state index is 15.1. The SMILES string of the molecule is COc1ccc(C(Cc2c(Cl)c[nH+]cc2Cl)OC(=O)c2ccc(CN(C(=O)O[C@H]3CN4CCC3CC4)c3ccccc3F)s2)cc1OCC1CC1. The van der Waals surface area contributed by atoms with Crippen molar-refractivity contribution in [2.45, 2.75) is 50.9 Å². The number of rotatable bonds is 13. The lowest BCUT2D eigenvalue weighted by atomic mass is 9.86. The predicted molar refractivity (Wildman–Crippen MR) is 192 cm³/mol. The number of nitrogens with one attached hydrogen (secondary N) is 1. The van der Waals surface area contributed by atoms with E-state index in [4.69, 9.17) is 42.1 Å². The Morgan fingerprint density at radius 2 is 1.78 bits per heavy atom. The van der Waals surface area contributed by atoms with E-state index in [-0.39, 0.29) is 24.8 Å². The third-order valence-corrected chi connectivity index (χ3v) is 11.5. The van der Waals surface area contributed by atoms with Gasteiger partial charge in [-0.05, 0) is 92.6 Å². The van der Waals surface area contributed by atoms with Crippen molar-refractivity contribution in [2.75, 3.05) is 38.3 Å². The molecule has 1 unspecified atom stereocenters. The van der Waals surface area contributed by atoms with Crippen LogP contribution in [0.15, 0.2) is 67.0 Å². The quantitative estimate of drug-likeness (QED) is 0.127. The third-order valence-electron chi connectivity index (χ3n) is 9.76. The minimum Gasteiger partial charge on any atom is -0.493 e. The molecule has 5 heterocycles. The Morgan fingerprint density at radius 1 is 1.02 bits per heavy atom. The second-order valence-electron chi connectivity index (χ2n) is 13.3. The number of fused-ring (bicyclic) bond motifs is 3. The van der Waals surface area contributed by atoms with Crippen LogP contribution in [0, 0.1) is 17.7 Å². The topological polar surface area (TPSA) is 91.7 Å². The third kappa shape index (κ3) is 8.43. The van der Waals surface area contributed by atoms with Gasteiger partial charge in [-0.3, -0.25) is 9.80 Å². The summed E-state index contributed by atoms with van der Waals surface area (Å²) in [6.45, 7) is 3.27. The van der Waals surface area contributed by atoms with Gasteiger partial charge in [-0.2, -0.15) is 0 Å². The van der Waals surface area contributed by atoms with E-state index in [1.165, 1.54) is 22.3 Å². The molecule has 2 bridgehead atoms. The standard InChI is InChI=1S/C38H38Cl2FN3O6S/c1-47-32-10-8-25(16-34(32)48-22-23-6-7-23)33(17-27-28(39)18-42-19-29(27)40)49-37(45)36-11-9-26(51-36)20-44(31-5-3-2-4-30(31)41)38(46)50-35-21-43-14-12-24(35)13-15-43/h2-5,8-11,16,18-19,23-24,33,35H,6-7,12-15,17,20-22H2,1H3/p+1/t33?,35-/m0/s1. The van der Waals surface area contributed by atoms with Gasteiger partial charge in [-0.25, -0.2) is 19.0 Å². The van der Waals surface area contributed by atoms with Gasteiger partial charge < -0.3 is 18.9 Å². The van der Waals surface area contributed by atoms with Crippen LogP contribution in [0.4, 0.5) is 14.9 Å². The van der Waals surface area contributed by atoms with E-state index in [2.05, 4.69) is 9.88 Å². The van der Waals surface area contributed by atoms with E-state index in [0.717, 1.165) is 38.8 Å². The number of halogens is 3. The van der Waals surface area contributed by atoms with Crippen molar-refractivity contribution in [3.05, 3.63) is 104 Å². The summed E-state index contributed by atoms with van der Waals surface area (Å²) in [6.07, 6.45) is 5.98. The molecule has 4 aromatic rings. The zero-order chi connectivity index (χ0) is 35.5. The maximum Gasteiger partial charge on any atom is 0.415 e. The zero-order valence-corrected chi connectivity index (χ0v) is 30.4. The van der Waals surface area contributed by atoms with Gasteiger partial charge in [0, 0.05) is 23.4 Å². The van der Waals surface area contributed by atoms with Crippen LogP contribution in [0.25, 0.3) is 0 Å². The van der Waals surface area contributed by atoms with Gasteiger partial charge in [-0.1, -0.05) is 41.4 Å². The van der Waals surface area contributed by atoms with Gasteiger partial charge in [-0.15, -0.1) is 11.3 Å². The number of benzene rings is 2. The van der Waals surface area contributed by atoms with Crippen molar-refractivity contribution >= 4 is 52.3 Å². The minimum absolute atomic E-state index is 0.00808. The number of thiophene rings is 1. The van der Waals surface area contributed by atoms with E-state index in [1.54, 1.807) is 55.9 Å². The minimum atomic E-state index is -0.791. The fourth-order valence-corrected chi connectivity index (χ4v) is 8.07. The number of para-hydroxylation sites is 1. The van der Waals surface area contributed by atoms with Crippen molar-refractivity contribution in [1.29, 1.82) is 0 Å². The number of esters is 1. The molecule has 2 aromatic carbocycles. The highest BCUT2D eigenvalue weighted by Gasteiger charge is 2.38. The second kappa shape index (κ2) is 15.8. The molecule has 0 spiro atoms. The fraction of sp³-hybridized carbons (Fsp3) is 0.395. The Morgan fingerprint density at radius 3 is 2.47 bits per heavy atom. The first-order chi connectivity index (χ1) is 24.7. The molecular weight excluding hydrogens is 716 g/mol. The number of pyridine rings is 1. The Hall–Kier alpha value is -3.90. The van der Waals surface area contributed by atoms with E-state index < -0.39 is 24.0 Å². The van der Waals surface area contributed by atoms with Crippen molar-refractivity contribution in [2.24, 2.45) is 11.8 Å². The van der Waals surface area contributed by atoms with Crippen molar-refractivity contribution in [1.82, 2.24) is 4.90 Å². The molecule has 4 fully saturated rings. The van der Waals surface area contributed by atoms with Gasteiger partial charge in [0.15, 0.2) is 23.9 Å². The van der Waals surface area contributed by atoms with Gasteiger partial charge >= 0.3 is 12.1 Å². The average molecular weight is 756 g/mol. The number of carbonyl (C=O) groups excluding carboxylic acids is 2. The number of aromatic amines is 1. The number of hydrogen-bond acceptors (Lipinski definition) is 8. The number of piperidine rings is 3. The Kier molecular flexibility index (Phi) is 11.0. The number of nitrogens with zero attached hydrogens (tertiary/aromatic N) is 2. The number of amides is 1. The number of anilines is 1. The molecule has 268 valence electrons. The van der Waals surface area contributed by atoms with Gasteiger partial charge in [0.05, 0.1) is 25.9 Å². The Labute approximate surface area is 310 Å². The molecule has 1 N–H and O–H groups in total. The maximum atomic E-state index is 15.1. The lowest BCUT2D eigenvalue weighted by Crippen LogP contribution is -2.53. The molecule has 3 aliphatic heterocycles. The number of hydrogen-bond donors (Lipinski definition) is 0. The molecule has 1 saturated carbocycles. The van der Waals surface area contributed by atoms with Crippen LogP contribution in [0.3, 0.4) is 0 Å². The van der Waals surface area contributed by atoms with Crippen molar-refractivity contribution < 1.29 is 37.9 Å². The summed E-state index contributed by atoms with van der Waals surface area (Å²) in [7, 11) is 1.58. The van der Waals surface area contributed by atoms with Crippen LogP contribution < -0.4 is 19.4 Å². The number of aromatic nitrogens is 1. The molecule has 1 amide bonds. The van der Waals surface area contributed by atoms with Crippen LogP contribution in [0.5, 0.6) is 11.5 Å². The van der Waals surface area contributed by atoms with Gasteiger partial charge in [0.1, 0.15) is 32.9 Å². The normalized spacial score (nSPS) is 20.0. The highest BCUT2D eigenvalue weighted by Crippen LogP contribution is 2.38. The fourth-order valence-electron chi connectivity index (χ4n) is 6.65. The molecule has 8 rings (SSSR count). The summed E-state index contributed by atoms with van der Waals surface area (Å²) in [5.74, 6) is 0.827. The molecule has 1 aliphatic carbocycles. The number of ether oxygens (including phenoxy) is 4. The molecular formula is C38H39Cl2FN3O6S+. The Balaban J connectivity index is 1.12. The molecule has 9 nitrogen and oxygen atoms in total. The van der Waals surface area contributed by atoms with Gasteiger partial charge in [0.2, 0.25) is 0 Å². The lowest BCUT2D eigenvalue weighted by molar-refractivity contribution is -0.377. The number of methoxy groups -OCH3 is 1. The Bertz CT molecular complexity index is 1860. The predicted octanol–water partition coefficient (Wildman–Crippen LogP) is 8.18. The van der Waals surface area contributed by atoms with Crippen LogP contribution >= 0.6 is 34.5 Å². The lowest BCUT2D eigenvalue weighted by Gasteiger charge is -2.44. The van der Waals surface area contributed by atoms with E-state index in [9.17, 15) is 9.59 Å². The van der Waals surface area contributed by atoms with Crippen LogP contribution in [0.2, 0.25) is 10.0 Å². The molecule has 3 saturated heterocycles. The number of carbonyl (C=O) groups is 2. The molecule has 51 heavy (non-hydrogen) atoms.